The van der Waals surface area contributed by atoms with Crippen LogP contribution >= 0.6 is 11.6 Å². The Hall–Kier alpha value is -3.19. The van der Waals surface area contributed by atoms with Gasteiger partial charge in [0.25, 0.3) is 0 Å². The van der Waals surface area contributed by atoms with Gasteiger partial charge in [-0.05, 0) is 30.3 Å². The normalized spacial score (nSPS) is 10.8. The fourth-order valence-corrected chi connectivity index (χ4v) is 2.51. The number of ether oxygens (including phenoxy) is 1. The maximum Gasteiger partial charge on any atom is 0.244 e. The molecule has 0 aliphatic carbocycles. The van der Waals surface area contributed by atoms with Gasteiger partial charge in [0.1, 0.15) is 18.4 Å². The summed E-state index contributed by atoms with van der Waals surface area (Å²) in [5, 5.41) is 7.46. The summed E-state index contributed by atoms with van der Waals surface area (Å²) < 4.78 is 6.80. The molecule has 0 unspecified atom stereocenters. The summed E-state index contributed by atoms with van der Waals surface area (Å²) in [6, 6.07) is 8.88. The molecule has 1 aromatic carbocycles. The smallest absolute Gasteiger partial charge is 0.244 e. The number of nitrogens with zero attached hydrogens (tertiary/aromatic N) is 4. The van der Waals surface area contributed by atoms with Crippen LogP contribution in [0.15, 0.2) is 55.3 Å². The number of pyridine rings is 1. The summed E-state index contributed by atoms with van der Waals surface area (Å²) in [6.45, 7) is 0.304. The highest BCUT2D eigenvalue weighted by atomic mass is 35.5. The molecule has 0 aliphatic rings. The first-order chi connectivity index (χ1) is 12.7. The minimum absolute atomic E-state index is 0.250. The second kappa shape index (κ2) is 8.26. The van der Waals surface area contributed by atoms with Crippen LogP contribution in [0.3, 0.4) is 0 Å². The number of carbonyl (C=O) groups is 1. The number of nitrogens with one attached hydrogen (secondary N) is 1. The van der Waals surface area contributed by atoms with Crippen molar-refractivity contribution in [2.24, 2.45) is 0 Å². The fourth-order valence-electron chi connectivity index (χ4n) is 2.33. The lowest BCUT2D eigenvalue weighted by atomic mass is 10.2. The molecule has 3 rings (SSSR count). The van der Waals surface area contributed by atoms with Crippen molar-refractivity contribution in [2.75, 3.05) is 7.11 Å². The second-order valence-electron chi connectivity index (χ2n) is 5.26. The second-order valence-corrected chi connectivity index (χ2v) is 5.70. The minimum atomic E-state index is -0.250. The van der Waals surface area contributed by atoms with Crippen LogP contribution in [0.5, 0.6) is 5.75 Å². The molecule has 0 saturated heterocycles. The van der Waals surface area contributed by atoms with Gasteiger partial charge < -0.3 is 10.1 Å². The van der Waals surface area contributed by atoms with Crippen molar-refractivity contribution in [1.82, 2.24) is 25.1 Å². The van der Waals surface area contributed by atoms with Gasteiger partial charge in [-0.2, -0.15) is 5.10 Å². The van der Waals surface area contributed by atoms with E-state index in [0.717, 1.165) is 11.1 Å². The lowest BCUT2D eigenvalue weighted by molar-refractivity contribution is -0.116. The first-order valence-electron chi connectivity index (χ1n) is 7.75. The zero-order valence-electron chi connectivity index (χ0n) is 14.0. The fraction of sp³-hybridized carbons (Fsp3) is 0.111. The topological polar surface area (TPSA) is 81.9 Å². The molecule has 0 fully saturated rings. The van der Waals surface area contributed by atoms with E-state index in [0.29, 0.717) is 23.1 Å². The van der Waals surface area contributed by atoms with Crippen LogP contribution in [-0.2, 0) is 11.3 Å². The molecule has 3 aromatic rings. The van der Waals surface area contributed by atoms with Crippen LogP contribution in [0.25, 0.3) is 11.9 Å². The quantitative estimate of drug-likeness (QED) is 0.675. The summed E-state index contributed by atoms with van der Waals surface area (Å²) in [5.41, 5.74) is 1.54. The number of benzene rings is 1. The Morgan fingerprint density at radius 2 is 2.27 bits per heavy atom. The largest absolute Gasteiger partial charge is 0.496 e. The summed E-state index contributed by atoms with van der Waals surface area (Å²) in [7, 11) is 1.56. The van der Waals surface area contributed by atoms with Gasteiger partial charge in [0, 0.05) is 35.0 Å². The Morgan fingerprint density at radius 1 is 1.38 bits per heavy atom. The van der Waals surface area contributed by atoms with Crippen LogP contribution in [0.1, 0.15) is 11.1 Å². The standard InChI is InChI=1S/C18H16ClN5O2/c1-26-16-6-5-15(19)9-13(16)4-7-17(25)22-10-14-3-2-8-21-18(14)24-12-20-11-23-24/h2-9,11-12H,10H2,1H3,(H,22,25)/b7-4+. The van der Waals surface area contributed by atoms with E-state index >= 15 is 0 Å². The number of halogens is 1. The molecular weight excluding hydrogens is 354 g/mol. The first-order valence-corrected chi connectivity index (χ1v) is 8.13. The molecular formula is C18H16ClN5O2. The van der Waals surface area contributed by atoms with E-state index < -0.39 is 0 Å². The van der Waals surface area contributed by atoms with Crippen molar-refractivity contribution in [1.29, 1.82) is 0 Å². The highest BCUT2D eigenvalue weighted by Gasteiger charge is 2.07. The minimum Gasteiger partial charge on any atom is -0.496 e. The zero-order chi connectivity index (χ0) is 18.4. The Bertz CT molecular complexity index is 925. The van der Waals surface area contributed by atoms with Crippen LogP contribution < -0.4 is 10.1 Å². The summed E-state index contributed by atoms with van der Waals surface area (Å²) in [5.74, 6) is 1.00. The zero-order valence-corrected chi connectivity index (χ0v) is 14.7. The Labute approximate surface area is 155 Å². The molecule has 1 N–H and O–H groups in total. The van der Waals surface area contributed by atoms with E-state index in [4.69, 9.17) is 16.3 Å². The van der Waals surface area contributed by atoms with Gasteiger partial charge >= 0.3 is 0 Å². The highest BCUT2D eigenvalue weighted by Crippen LogP contribution is 2.23. The molecule has 132 valence electrons. The number of rotatable bonds is 6. The van der Waals surface area contributed by atoms with Gasteiger partial charge in [0.05, 0.1) is 7.11 Å². The highest BCUT2D eigenvalue weighted by molar-refractivity contribution is 6.30. The maximum atomic E-state index is 12.1. The molecule has 0 radical (unpaired) electrons. The molecule has 7 nitrogen and oxygen atoms in total. The molecule has 2 aromatic heterocycles. The summed E-state index contributed by atoms with van der Waals surface area (Å²) in [4.78, 5) is 20.3. The SMILES string of the molecule is COc1ccc(Cl)cc1/C=C/C(=O)NCc1cccnc1-n1cncn1. The van der Waals surface area contributed by atoms with Gasteiger partial charge in [-0.15, -0.1) is 0 Å². The maximum absolute atomic E-state index is 12.1. The molecule has 1 amide bonds. The van der Waals surface area contributed by atoms with Gasteiger partial charge in [-0.1, -0.05) is 17.7 Å². The monoisotopic (exact) mass is 369 g/mol. The van der Waals surface area contributed by atoms with E-state index in [1.165, 1.54) is 12.4 Å². The van der Waals surface area contributed by atoms with Crippen molar-refractivity contribution in [3.8, 4) is 11.6 Å². The van der Waals surface area contributed by atoms with Gasteiger partial charge in [0.15, 0.2) is 5.82 Å². The van der Waals surface area contributed by atoms with E-state index in [1.807, 2.05) is 6.07 Å². The van der Waals surface area contributed by atoms with Crippen LogP contribution in [-0.4, -0.2) is 32.8 Å². The van der Waals surface area contributed by atoms with Crippen molar-refractivity contribution < 1.29 is 9.53 Å². The first kappa shape index (κ1) is 17.6. The van der Waals surface area contributed by atoms with Gasteiger partial charge in [0.2, 0.25) is 5.91 Å². The average molecular weight is 370 g/mol. The van der Waals surface area contributed by atoms with Crippen LogP contribution in [0.4, 0.5) is 0 Å². The Balaban J connectivity index is 1.68. The van der Waals surface area contributed by atoms with E-state index in [2.05, 4.69) is 20.4 Å². The summed E-state index contributed by atoms with van der Waals surface area (Å²) >= 11 is 5.99. The molecule has 0 spiro atoms. The van der Waals surface area contributed by atoms with E-state index in [-0.39, 0.29) is 5.91 Å². The molecule has 8 heteroatoms. The lowest BCUT2D eigenvalue weighted by Crippen LogP contribution is -2.21. The Kier molecular flexibility index (Phi) is 5.60. The third kappa shape index (κ3) is 4.25. The summed E-state index contributed by atoms with van der Waals surface area (Å²) in [6.07, 6.45) is 7.73. The van der Waals surface area contributed by atoms with Crippen molar-refractivity contribution in [3.05, 3.63) is 71.4 Å². The number of aromatic nitrogens is 4. The third-order valence-electron chi connectivity index (χ3n) is 3.56. The van der Waals surface area contributed by atoms with Crippen molar-refractivity contribution in [2.45, 2.75) is 6.54 Å². The number of amides is 1. The lowest BCUT2D eigenvalue weighted by Gasteiger charge is -2.08. The molecule has 0 saturated carbocycles. The molecule has 2 heterocycles. The van der Waals surface area contributed by atoms with Gasteiger partial charge in [-0.25, -0.2) is 14.6 Å². The average Bonchev–Trinajstić information content (AvgIpc) is 3.19. The van der Waals surface area contributed by atoms with Crippen molar-refractivity contribution in [3.63, 3.8) is 0 Å². The molecule has 0 aliphatic heterocycles. The third-order valence-corrected chi connectivity index (χ3v) is 3.80. The van der Waals surface area contributed by atoms with Crippen LogP contribution in [0.2, 0.25) is 5.02 Å². The number of hydrogen-bond donors (Lipinski definition) is 1. The molecule has 26 heavy (non-hydrogen) atoms. The molecule has 0 bridgehead atoms. The van der Waals surface area contributed by atoms with Crippen LogP contribution in [0, 0.1) is 0 Å². The number of carbonyl (C=O) groups excluding carboxylic acids is 1. The Morgan fingerprint density at radius 3 is 3.04 bits per heavy atom. The van der Waals surface area contributed by atoms with E-state index in [9.17, 15) is 4.79 Å². The van der Waals surface area contributed by atoms with Crippen molar-refractivity contribution >= 4 is 23.6 Å². The predicted molar refractivity (Wildman–Crippen MR) is 98.0 cm³/mol. The van der Waals surface area contributed by atoms with Gasteiger partial charge in [-0.3, -0.25) is 4.79 Å². The predicted octanol–water partition coefficient (Wildman–Crippen LogP) is 2.65. The number of hydrogen-bond acceptors (Lipinski definition) is 5. The molecule has 0 atom stereocenters. The number of methoxy groups -OCH3 is 1. The van der Waals surface area contributed by atoms with E-state index in [1.54, 1.807) is 54.7 Å².